The van der Waals surface area contributed by atoms with E-state index in [2.05, 4.69) is 15.4 Å². The average molecular weight is 412 g/mol. The van der Waals surface area contributed by atoms with Crippen LogP contribution in [0.5, 0.6) is 0 Å². The predicted octanol–water partition coefficient (Wildman–Crippen LogP) is 4.15. The van der Waals surface area contributed by atoms with E-state index in [1.165, 1.54) is 0 Å². The van der Waals surface area contributed by atoms with Crippen LogP contribution in [0.15, 0.2) is 18.5 Å². The lowest BCUT2D eigenvalue weighted by Gasteiger charge is -2.34. The highest BCUT2D eigenvalue weighted by Crippen LogP contribution is 2.44. The van der Waals surface area contributed by atoms with Gasteiger partial charge < -0.3 is 5.32 Å². The quantitative estimate of drug-likeness (QED) is 0.726. The summed E-state index contributed by atoms with van der Waals surface area (Å²) in [7, 11) is 0. The molecule has 2 aliphatic rings. The first kappa shape index (κ1) is 20.1. The van der Waals surface area contributed by atoms with Crippen LogP contribution in [0.25, 0.3) is 5.65 Å². The van der Waals surface area contributed by atoms with Crippen molar-refractivity contribution in [3.05, 3.63) is 29.7 Å². The van der Waals surface area contributed by atoms with E-state index in [9.17, 15) is 22.4 Å². The minimum Gasteiger partial charge on any atom is -0.352 e. The normalized spacial score (nSPS) is 21.8. The Bertz CT molecular complexity index is 880. The maximum absolute atomic E-state index is 13.3. The summed E-state index contributed by atoms with van der Waals surface area (Å²) in [6, 6.07) is 1.81. The summed E-state index contributed by atoms with van der Waals surface area (Å²) in [6.07, 6.45) is 4.62. The molecule has 1 amide bonds. The minimum absolute atomic E-state index is 0.0639. The van der Waals surface area contributed by atoms with Crippen molar-refractivity contribution in [2.45, 2.75) is 69.8 Å². The number of rotatable bonds is 6. The maximum Gasteiger partial charge on any atom is 0.248 e. The van der Waals surface area contributed by atoms with Crippen molar-refractivity contribution in [3.8, 4) is 0 Å². The van der Waals surface area contributed by atoms with Gasteiger partial charge in [0.05, 0.1) is 18.1 Å². The molecular formula is C20H24F4N4O. The van der Waals surface area contributed by atoms with Gasteiger partial charge in [-0.1, -0.05) is 0 Å². The number of imidazole rings is 1. The van der Waals surface area contributed by atoms with Crippen molar-refractivity contribution >= 4 is 11.6 Å². The van der Waals surface area contributed by atoms with Crippen molar-refractivity contribution in [1.29, 1.82) is 0 Å². The van der Waals surface area contributed by atoms with Gasteiger partial charge in [-0.15, -0.1) is 0 Å². The highest BCUT2D eigenvalue weighted by Gasteiger charge is 2.45. The van der Waals surface area contributed by atoms with Gasteiger partial charge in [0.25, 0.3) is 0 Å². The Morgan fingerprint density at radius 1 is 1.14 bits per heavy atom. The minimum atomic E-state index is -2.61. The van der Waals surface area contributed by atoms with Crippen LogP contribution < -0.4 is 5.32 Å². The zero-order chi connectivity index (χ0) is 20.6. The number of nitrogens with one attached hydrogen (secondary N) is 1. The summed E-state index contributed by atoms with van der Waals surface area (Å²) in [4.78, 5) is 16.4. The summed E-state index contributed by atoms with van der Waals surface area (Å²) >= 11 is 0. The van der Waals surface area contributed by atoms with E-state index in [1.54, 1.807) is 16.9 Å². The van der Waals surface area contributed by atoms with Crippen molar-refractivity contribution < 1.29 is 22.4 Å². The molecule has 2 aromatic heterocycles. The third-order valence-electron chi connectivity index (χ3n) is 5.90. The van der Waals surface area contributed by atoms with Crippen LogP contribution >= 0.6 is 0 Å². The molecule has 29 heavy (non-hydrogen) atoms. The molecular weight excluding hydrogens is 388 g/mol. The van der Waals surface area contributed by atoms with Gasteiger partial charge in [-0.05, 0) is 42.7 Å². The Balaban J connectivity index is 1.29. The van der Waals surface area contributed by atoms with Crippen LogP contribution in [0, 0.1) is 11.8 Å². The second-order valence-electron chi connectivity index (χ2n) is 8.51. The summed E-state index contributed by atoms with van der Waals surface area (Å²) in [5, 5.41) is 7.03. The van der Waals surface area contributed by atoms with Crippen molar-refractivity contribution in [2.75, 3.05) is 0 Å². The van der Waals surface area contributed by atoms with E-state index >= 15 is 0 Å². The number of fused-ring (bicyclic) bond motifs is 1. The molecule has 4 rings (SSSR count). The molecule has 2 fully saturated rings. The first-order valence-corrected chi connectivity index (χ1v) is 10.0. The third kappa shape index (κ3) is 5.05. The molecule has 1 N–H and O–H groups in total. The smallest absolute Gasteiger partial charge is 0.248 e. The van der Waals surface area contributed by atoms with E-state index in [1.807, 2.05) is 6.07 Å². The predicted molar refractivity (Wildman–Crippen MR) is 97.7 cm³/mol. The number of hydrogen-bond donors (Lipinski definition) is 1. The fourth-order valence-corrected chi connectivity index (χ4v) is 4.22. The number of nitrogens with zero attached hydrogens (tertiary/aromatic N) is 3. The molecule has 0 bridgehead atoms. The van der Waals surface area contributed by atoms with Crippen LogP contribution in [0.3, 0.4) is 0 Å². The molecule has 2 aliphatic carbocycles. The molecule has 0 atom stereocenters. The molecule has 0 spiro atoms. The van der Waals surface area contributed by atoms with Gasteiger partial charge in [0.15, 0.2) is 5.65 Å². The van der Waals surface area contributed by atoms with E-state index < -0.39 is 11.8 Å². The Labute approximate surface area is 165 Å². The van der Waals surface area contributed by atoms with Crippen LogP contribution in [0.1, 0.15) is 56.2 Å². The zero-order valence-electron chi connectivity index (χ0n) is 16.0. The van der Waals surface area contributed by atoms with E-state index in [-0.39, 0.29) is 56.4 Å². The van der Waals surface area contributed by atoms with Crippen LogP contribution in [-0.4, -0.2) is 32.4 Å². The number of carbonyl (C=O) groups is 1. The molecule has 0 aliphatic heterocycles. The number of halogens is 4. The molecule has 0 aromatic carbocycles. The lowest BCUT2D eigenvalue weighted by Crippen LogP contribution is -2.38. The zero-order valence-corrected chi connectivity index (χ0v) is 16.0. The fourth-order valence-electron chi connectivity index (χ4n) is 4.22. The largest absolute Gasteiger partial charge is 0.352 e. The summed E-state index contributed by atoms with van der Waals surface area (Å²) in [5.74, 6) is -5.44. The Kier molecular flexibility index (Phi) is 5.25. The molecule has 5 nitrogen and oxygen atoms in total. The topological polar surface area (TPSA) is 59.3 Å². The van der Waals surface area contributed by atoms with Crippen LogP contribution in [0.4, 0.5) is 17.6 Å². The highest BCUT2D eigenvalue weighted by atomic mass is 19.3. The monoisotopic (exact) mass is 412 g/mol. The Morgan fingerprint density at radius 2 is 1.86 bits per heavy atom. The van der Waals surface area contributed by atoms with E-state index in [4.69, 9.17) is 0 Å². The maximum atomic E-state index is 13.3. The van der Waals surface area contributed by atoms with Gasteiger partial charge in [0.2, 0.25) is 17.8 Å². The summed E-state index contributed by atoms with van der Waals surface area (Å²) in [6.45, 7) is 0.255. The van der Waals surface area contributed by atoms with Gasteiger partial charge >= 0.3 is 0 Å². The molecule has 2 heterocycles. The number of carbonyl (C=O) groups excluding carboxylic acids is 1. The first-order chi connectivity index (χ1) is 13.7. The van der Waals surface area contributed by atoms with Gasteiger partial charge in [0.1, 0.15) is 0 Å². The van der Waals surface area contributed by atoms with Crippen molar-refractivity contribution in [2.24, 2.45) is 11.8 Å². The number of alkyl halides is 4. The van der Waals surface area contributed by atoms with Gasteiger partial charge in [-0.25, -0.2) is 27.1 Å². The number of hydrogen-bond acceptors (Lipinski definition) is 3. The number of amides is 1. The molecule has 2 saturated carbocycles. The summed E-state index contributed by atoms with van der Waals surface area (Å²) < 4.78 is 53.9. The Morgan fingerprint density at radius 3 is 2.55 bits per heavy atom. The second kappa shape index (κ2) is 7.57. The molecule has 9 heteroatoms. The average Bonchev–Trinajstić information content (AvgIpc) is 3.02. The molecule has 0 saturated heterocycles. The van der Waals surface area contributed by atoms with E-state index in [0.717, 1.165) is 11.3 Å². The third-order valence-corrected chi connectivity index (χ3v) is 5.90. The molecule has 0 radical (unpaired) electrons. The SMILES string of the molecule is O=C(CC1CC(F)(F)C1)NCc1cnn2cc(CC3CCC(F)(F)CC3)nc2c1. The summed E-state index contributed by atoms with van der Waals surface area (Å²) in [5.41, 5.74) is 2.21. The Hall–Kier alpha value is -2.19. The standard InChI is InChI=1S/C20H24F4N4O/c21-19(22)3-1-13(2-4-19)5-16-12-28-17(27-16)6-15(11-26-28)10-25-18(29)7-14-8-20(23,24)9-14/h6,11-14H,1-5,7-10H2,(H,25,29). The van der Waals surface area contributed by atoms with Crippen molar-refractivity contribution in [3.63, 3.8) is 0 Å². The number of aromatic nitrogens is 3. The highest BCUT2D eigenvalue weighted by molar-refractivity contribution is 5.76. The van der Waals surface area contributed by atoms with Gasteiger partial charge in [-0.3, -0.25) is 4.79 Å². The van der Waals surface area contributed by atoms with Crippen molar-refractivity contribution in [1.82, 2.24) is 19.9 Å². The lowest BCUT2D eigenvalue weighted by molar-refractivity contribution is -0.133. The van der Waals surface area contributed by atoms with Gasteiger partial charge in [0, 0.05) is 38.6 Å². The molecule has 158 valence electrons. The molecule has 2 aromatic rings. The van der Waals surface area contributed by atoms with E-state index in [0.29, 0.717) is 24.9 Å². The lowest BCUT2D eigenvalue weighted by atomic mass is 9.79. The second-order valence-corrected chi connectivity index (χ2v) is 8.51. The first-order valence-electron chi connectivity index (χ1n) is 10.0. The van der Waals surface area contributed by atoms with Crippen LogP contribution in [-0.2, 0) is 17.8 Å². The van der Waals surface area contributed by atoms with Gasteiger partial charge in [-0.2, -0.15) is 5.10 Å². The fraction of sp³-hybridized carbons (Fsp3) is 0.650. The molecule has 0 unspecified atom stereocenters. The van der Waals surface area contributed by atoms with Crippen LogP contribution in [0.2, 0.25) is 0 Å².